The smallest absolute Gasteiger partial charge is 0.0540 e. The summed E-state index contributed by atoms with van der Waals surface area (Å²) in [7, 11) is 0. The van der Waals surface area contributed by atoms with Gasteiger partial charge in [0.2, 0.25) is 0 Å². The molecule has 0 N–H and O–H groups in total. The molecule has 1 heteroatoms. The highest BCUT2D eigenvalue weighted by Crippen LogP contribution is 2.55. The van der Waals surface area contributed by atoms with Crippen LogP contribution >= 0.6 is 0 Å². The third-order valence-electron chi connectivity index (χ3n) is 12.2. The van der Waals surface area contributed by atoms with E-state index in [1.807, 2.05) is 0 Å². The summed E-state index contributed by atoms with van der Waals surface area (Å²) in [5, 5.41) is 7.77. The maximum absolute atomic E-state index is 2.53. The summed E-state index contributed by atoms with van der Waals surface area (Å²) in [6.45, 7) is 4.80. The Kier molecular flexibility index (Phi) is 7.28. The van der Waals surface area contributed by atoms with Crippen LogP contribution in [-0.4, -0.2) is 0 Å². The van der Waals surface area contributed by atoms with Crippen molar-refractivity contribution in [3.05, 3.63) is 211 Å². The minimum absolute atomic E-state index is 0.273. The summed E-state index contributed by atoms with van der Waals surface area (Å²) < 4.78 is 0. The average molecular weight is 714 g/mol. The molecule has 0 aliphatic carbocycles. The third kappa shape index (κ3) is 5.08. The molecule has 0 fully saturated rings. The van der Waals surface area contributed by atoms with Gasteiger partial charge in [-0.1, -0.05) is 184 Å². The Bertz CT molecular complexity index is 2910. The van der Waals surface area contributed by atoms with Gasteiger partial charge in [-0.2, -0.15) is 0 Å². The first kappa shape index (κ1) is 32.5. The van der Waals surface area contributed by atoms with Gasteiger partial charge in [0.15, 0.2) is 0 Å². The van der Waals surface area contributed by atoms with E-state index in [2.05, 4.69) is 219 Å². The minimum Gasteiger partial charge on any atom is -0.309 e. The van der Waals surface area contributed by atoms with Crippen LogP contribution in [0.2, 0.25) is 0 Å². The Morgan fingerprint density at radius 2 is 0.679 bits per heavy atom. The zero-order chi connectivity index (χ0) is 37.4. The van der Waals surface area contributed by atoms with Crippen molar-refractivity contribution in [2.45, 2.75) is 19.3 Å². The number of anilines is 3. The van der Waals surface area contributed by atoms with E-state index >= 15 is 0 Å². The average Bonchev–Trinajstić information content (AvgIpc) is 3.26. The van der Waals surface area contributed by atoms with Crippen molar-refractivity contribution >= 4 is 49.4 Å². The van der Waals surface area contributed by atoms with Crippen LogP contribution in [0.1, 0.15) is 25.0 Å². The van der Waals surface area contributed by atoms with E-state index in [0.717, 1.165) is 0 Å². The van der Waals surface area contributed by atoms with Crippen LogP contribution in [0.4, 0.5) is 17.1 Å². The Labute approximate surface area is 328 Å². The predicted molar refractivity (Wildman–Crippen MR) is 239 cm³/mol. The van der Waals surface area contributed by atoms with Gasteiger partial charge in [-0.25, -0.2) is 0 Å². The normalized spacial score (nSPS) is 13.3. The van der Waals surface area contributed by atoms with Gasteiger partial charge in [0.25, 0.3) is 0 Å². The lowest BCUT2D eigenvalue weighted by molar-refractivity contribution is 0.632. The second kappa shape index (κ2) is 12.5. The molecular weight excluding hydrogens is 675 g/mol. The first-order valence-corrected chi connectivity index (χ1v) is 19.6. The van der Waals surface area contributed by atoms with E-state index in [0.29, 0.717) is 0 Å². The maximum atomic E-state index is 2.53. The highest BCUT2D eigenvalue weighted by molar-refractivity contribution is 6.26. The molecule has 1 aliphatic heterocycles. The summed E-state index contributed by atoms with van der Waals surface area (Å²) in [6.07, 6.45) is 0. The Balaban J connectivity index is 1.10. The van der Waals surface area contributed by atoms with Crippen LogP contribution in [0.25, 0.3) is 76.8 Å². The highest BCUT2D eigenvalue weighted by atomic mass is 15.2. The van der Waals surface area contributed by atoms with Crippen molar-refractivity contribution in [2.75, 3.05) is 4.90 Å². The van der Waals surface area contributed by atoms with Gasteiger partial charge in [0, 0.05) is 10.8 Å². The lowest BCUT2D eigenvalue weighted by Gasteiger charge is -2.43. The van der Waals surface area contributed by atoms with Crippen molar-refractivity contribution in [2.24, 2.45) is 0 Å². The fourth-order valence-corrected chi connectivity index (χ4v) is 9.24. The molecule has 0 radical (unpaired) electrons. The molecule has 0 unspecified atom stereocenters. The van der Waals surface area contributed by atoms with E-state index < -0.39 is 0 Å². The molecular formula is C55H39N. The first-order valence-electron chi connectivity index (χ1n) is 19.6. The topological polar surface area (TPSA) is 3.24 Å². The van der Waals surface area contributed by atoms with Crippen molar-refractivity contribution in [3.8, 4) is 44.5 Å². The number of fused-ring (bicyclic) bond motifs is 2. The standard InChI is InChI=1S/C55H39N/c1-55(2)48-34-45(40-20-16-38(17-21-40)36-10-5-3-6-11-36)28-32-51(48)56(50-31-27-44-25-24-42-14-9-15-43-26-30-47(50)54(44)53(42)43)52-33-29-46(35-49(52)55)41-22-18-39(19-23-41)37-12-7-4-8-13-37/h3-35H,1-2H3. The maximum Gasteiger partial charge on any atom is 0.0540 e. The van der Waals surface area contributed by atoms with Crippen LogP contribution in [0.15, 0.2) is 200 Å². The molecule has 0 atom stereocenters. The minimum atomic E-state index is -0.273. The summed E-state index contributed by atoms with van der Waals surface area (Å²) in [5.74, 6) is 0. The van der Waals surface area contributed by atoms with Crippen molar-refractivity contribution in [1.29, 1.82) is 0 Å². The second-order valence-corrected chi connectivity index (χ2v) is 15.8. The van der Waals surface area contributed by atoms with Gasteiger partial charge >= 0.3 is 0 Å². The molecule has 264 valence electrons. The molecule has 0 saturated carbocycles. The molecule has 0 bridgehead atoms. The van der Waals surface area contributed by atoms with Crippen molar-refractivity contribution < 1.29 is 0 Å². The van der Waals surface area contributed by atoms with Crippen LogP contribution in [0, 0.1) is 0 Å². The summed E-state index contributed by atoms with van der Waals surface area (Å²) in [6, 6.07) is 74.0. The van der Waals surface area contributed by atoms with Crippen LogP contribution in [0.5, 0.6) is 0 Å². The summed E-state index contributed by atoms with van der Waals surface area (Å²) >= 11 is 0. The van der Waals surface area contributed by atoms with Gasteiger partial charge in [0.1, 0.15) is 0 Å². The SMILES string of the molecule is CC1(C)c2cc(-c3ccc(-c4ccccc4)cc3)ccc2N(c2ccc3ccc4cccc5ccc2c3c45)c2ccc(-c3ccc(-c4ccccc4)cc3)cc21. The number of rotatable bonds is 5. The predicted octanol–water partition coefficient (Wildman–Crippen LogP) is 15.4. The monoisotopic (exact) mass is 713 g/mol. The second-order valence-electron chi connectivity index (χ2n) is 15.8. The number of nitrogens with zero attached hydrogens (tertiary/aromatic N) is 1. The van der Waals surface area contributed by atoms with Gasteiger partial charge in [-0.3, -0.25) is 0 Å². The highest BCUT2D eigenvalue weighted by Gasteiger charge is 2.38. The van der Waals surface area contributed by atoms with Gasteiger partial charge in [-0.05, 0) is 113 Å². The van der Waals surface area contributed by atoms with Crippen LogP contribution < -0.4 is 4.90 Å². The molecule has 0 aromatic heterocycles. The zero-order valence-electron chi connectivity index (χ0n) is 31.5. The molecule has 0 amide bonds. The molecule has 1 nitrogen and oxygen atoms in total. The van der Waals surface area contributed by atoms with E-state index in [1.54, 1.807) is 0 Å². The summed E-state index contributed by atoms with van der Waals surface area (Å²) in [5.41, 5.74) is 15.8. The molecule has 10 aromatic carbocycles. The number of benzene rings is 10. The van der Waals surface area contributed by atoms with E-state index in [9.17, 15) is 0 Å². The number of hydrogen-bond acceptors (Lipinski definition) is 1. The molecule has 56 heavy (non-hydrogen) atoms. The van der Waals surface area contributed by atoms with Crippen molar-refractivity contribution in [1.82, 2.24) is 0 Å². The van der Waals surface area contributed by atoms with Gasteiger partial charge in [-0.15, -0.1) is 0 Å². The fraction of sp³-hybridized carbons (Fsp3) is 0.0545. The van der Waals surface area contributed by atoms with Crippen LogP contribution in [0.3, 0.4) is 0 Å². The van der Waals surface area contributed by atoms with Crippen molar-refractivity contribution in [3.63, 3.8) is 0 Å². The van der Waals surface area contributed by atoms with Gasteiger partial charge in [0.05, 0.1) is 17.1 Å². The Morgan fingerprint density at radius 3 is 1.18 bits per heavy atom. The largest absolute Gasteiger partial charge is 0.309 e. The van der Waals surface area contributed by atoms with E-state index in [4.69, 9.17) is 0 Å². The molecule has 0 spiro atoms. The Hall–Kier alpha value is -6.96. The fourth-order valence-electron chi connectivity index (χ4n) is 9.24. The molecule has 0 saturated heterocycles. The van der Waals surface area contributed by atoms with E-state index in [1.165, 1.54) is 105 Å². The molecule has 1 aliphatic rings. The zero-order valence-corrected chi connectivity index (χ0v) is 31.5. The van der Waals surface area contributed by atoms with Gasteiger partial charge < -0.3 is 4.90 Å². The number of hydrogen-bond donors (Lipinski definition) is 0. The first-order chi connectivity index (χ1) is 27.5. The van der Waals surface area contributed by atoms with Crippen LogP contribution in [-0.2, 0) is 5.41 Å². The Morgan fingerprint density at radius 1 is 0.304 bits per heavy atom. The molecule has 1 heterocycles. The third-order valence-corrected chi connectivity index (χ3v) is 12.2. The summed E-state index contributed by atoms with van der Waals surface area (Å²) in [4.78, 5) is 2.53. The molecule has 11 rings (SSSR count). The van der Waals surface area contributed by atoms with E-state index in [-0.39, 0.29) is 5.41 Å². The molecule has 10 aromatic rings. The lowest BCUT2D eigenvalue weighted by atomic mass is 9.72. The lowest BCUT2D eigenvalue weighted by Crippen LogP contribution is -2.31. The quantitative estimate of drug-likeness (QED) is 0.161.